The van der Waals surface area contributed by atoms with E-state index in [0.29, 0.717) is 17.3 Å². The quantitative estimate of drug-likeness (QED) is 0.793. The van der Waals surface area contributed by atoms with Crippen LogP contribution in [0.3, 0.4) is 0 Å². The van der Waals surface area contributed by atoms with E-state index in [9.17, 15) is 4.79 Å². The molecule has 0 atom stereocenters. The highest BCUT2D eigenvalue weighted by Gasteiger charge is 2.21. The van der Waals surface area contributed by atoms with Gasteiger partial charge in [0.15, 0.2) is 0 Å². The Bertz CT molecular complexity index is 642. The summed E-state index contributed by atoms with van der Waals surface area (Å²) in [5, 5.41) is 10.4. The number of carbonyl (C=O) groups is 1. The SMILES string of the molecule is CNC(=O)c1cnn2cc(N)cc2c1NC1CCCC1. The molecule has 20 heavy (non-hydrogen) atoms. The summed E-state index contributed by atoms with van der Waals surface area (Å²) < 4.78 is 1.71. The summed E-state index contributed by atoms with van der Waals surface area (Å²) in [5.74, 6) is -0.139. The molecule has 6 nitrogen and oxygen atoms in total. The second-order valence-corrected chi connectivity index (χ2v) is 5.24. The Hall–Kier alpha value is -2.24. The molecule has 1 fully saturated rings. The van der Waals surface area contributed by atoms with Gasteiger partial charge in [0.25, 0.3) is 5.91 Å². The number of nitrogen functional groups attached to an aromatic ring is 1. The van der Waals surface area contributed by atoms with Crippen LogP contribution in [-0.2, 0) is 0 Å². The Balaban J connectivity index is 2.09. The lowest BCUT2D eigenvalue weighted by molar-refractivity contribution is 0.0963. The number of aromatic nitrogens is 2. The zero-order valence-electron chi connectivity index (χ0n) is 11.5. The molecule has 106 valence electrons. The Labute approximate surface area is 117 Å². The highest BCUT2D eigenvalue weighted by atomic mass is 16.1. The van der Waals surface area contributed by atoms with Crippen molar-refractivity contribution >= 4 is 22.8 Å². The molecule has 2 heterocycles. The number of fused-ring (bicyclic) bond motifs is 1. The summed E-state index contributed by atoms with van der Waals surface area (Å²) in [6.45, 7) is 0. The molecule has 1 aliphatic carbocycles. The maximum absolute atomic E-state index is 12.0. The standard InChI is InChI=1S/C14H19N5O/c1-16-14(20)11-7-17-19-8-9(15)6-12(19)13(11)18-10-4-2-3-5-10/h6-8,10,18H,2-5,15H2,1H3,(H,16,20). The molecule has 6 heteroatoms. The van der Waals surface area contributed by atoms with Crippen LogP contribution >= 0.6 is 0 Å². The molecule has 0 saturated heterocycles. The van der Waals surface area contributed by atoms with Crippen LogP contribution in [-0.4, -0.2) is 28.6 Å². The number of amides is 1. The molecule has 4 N–H and O–H groups in total. The van der Waals surface area contributed by atoms with Crippen LogP contribution in [0.15, 0.2) is 18.5 Å². The number of anilines is 2. The number of hydrogen-bond acceptors (Lipinski definition) is 4. The average Bonchev–Trinajstić information content (AvgIpc) is 3.06. The van der Waals surface area contributed by atoms with E-state index in [2.05, 4.69) is 15.7 Å². The summed E-state index contributed by atoms with van der Waals surface area (Å²) in [7, 11) is 1.62. The third-order valence-electron chi connectivity index (χ3n) is 3.83. The van der Waals surface area contributed by atoms with Gasteiger partial charge in [-0.25, -0.2) is 4.52 Å². The van der Waals surface area contributed by atoms with Gasteiger partial charge in [-0.2, -0.15) is 5.10 Å². The number of carbonyl (C=O) groups excluding carboxylic acids is 1. The molecule has 0 bridgehead atoms. The van der Waals surface area contributed by atoms with Gasteiger partial charge in [0.05, 0.1) is 34.8 Å². The molecule has 0 aliphatic heterocycles. The minimum absolute atomic E-state index is 0.139. The van der Waals surface area contributed by atoms with E-state index in [4.69, 9.17) is 5.73 Å². The van der Waals surface area contributed by atoms with E-state index in [1.54, 1.807) is 24.0 Å². The maximum Gasteiger partial charge on any atom is 0.254 e. The molecule has 0 unspecified atom stereocenters. The topological polar surface area (TPSA) is 84.5 Å². The summed E-state index contributed by atoms with van der Waals surface area (Å²) in [5.41, 5.74) is 8.70. The lowest BCUT2D eigenvalue weighted by Crippen LogP contribution is -2.23. The lowest BCUT2D eigenvalue weighted by atomic mass is 10.1. The van der Waals surface area contributed by atoms with Gasteiger partial charge in [-0.3, -0.25) is 4.79 Å². The summed E-state index contributed by atoms with van der Waals surface area (Å²) in [6, 6.07) is 2.26. The molecule has 0 aromatic carbocycles. The first-order valence-corrected chi connectivity index (χ1v) is 6.94. The van der Waals surface area contributed by atoms with Gasteiger partial charge in [-0.05, 0) is 18.9 Å². The first-order valence-electron chi connectivity index (χ1n) is 6.94. The predicted molar refractivity (Wildman–Crippen MR) is 78.9 cm³/mol. The molecular formula is C14H19N5O. The molecule has 3 rings (SSSR count). The van der Waals surface area contributed by atoms with Crippen LogP contribution in [0.5, 0.6) is 0 Å². The number of rotatable bonds is 3. The highest BCUT2D eigenvalue weighted by Crippen LogP contribution is 2.29. The van der Waals surface area contributed by atoms with Crippen molar-refractivity contribution in [1.82, 2.24) is 14.9 Å². The van der Waals surface area contributed by atoms with Gasteiger partial charge < -0.3 is 16.4 Å². The van der Waals surface area contributed by atoms with Gasteiger partial charge in [-0.15, -0.1) is 0 Å². The van der Waals surface area contributed by atoms with E-state index >= 15 is 0 Å². The van der Waals surface area contributed by atoms with Crippen molar-refractivity contribution in [2.24, 2.45) is 0 Å². The lowest BCUT2D eigenvalue weighted by Gasteiger charge is -2.17. The van der Waals surface area contributed by atoms with Crippen molar-refractivity contribution in [1.29, 1.82) is 0 Å². The van der Waals surface area contributed by atoms with E-state index in [0.717, 1.165) is 24.0 Å². The van der Waals surface area contributed by atoms with Gasteiger partial charge in [0, 0.05) is 13.1 Å². The second-order valence-electron chi connectivity index (χ2n) is 5.24. The number of nitrogens with two attached hydrogens (primary N) is 1. The van der Waals surface area contributed by atoms with Crippen LogP contribution < -0.4 is 16.4 Å². The summed E-state index contributed by atoms with van der Waals surface area (Å²) in [4.78, 5) is 12.0. The summed E-state index contributed by atoms with van der Waals surface area (Å²) in [6.07, 6.45) is 8.08. The van der Waals surface area contributed by atoms with Gasteiger partial charge in [0.2, 0.25) is 0 Å². The normalized spacial score (nSPS) is 15.7. The number of hydrogen-bond donors (Lipinski definition) is 3. The number of nitrogens with one attached hydrogen (secondary N) is 2. The fourth-order valence-electron chi connectivity index (χ4n) is 2.81. The molecular weight excluding hydrogens is 254 g/mol. The van der Waals surface area contributed by atoms with Crippen molar-refractivity contribution in [3.05, 3.63) is 24.0 Å². The Morgan fingerprint density at radius 3 is 2.90 bits per heavy atom. The van der Waals surface area contributed by atoms with E-state index in [1.165, 1.54) is 12.8 Å². The van der Waals surface area contributed by atoms with Crippen molar-refractivity contribution < 1.29 is 4.79 Å². The zero-order chi connectivity index (χ0) is 14.1. The first-order chi connectivity index (χ1) is 9.69. The fourth-order valence-corrected chi connectivity index (χ4v) is 2.81. The van der Waals surface area contributed by atoms with Crippen LogP contribution in [0.1, 0.15) is 36.0 Å². The molecule has 1 saturated carbocycles. The summed E-state index contributed by atoms with van der Waals surface area (Å²) >= 11 is 0. The van der Waals surface area contributed by atoms with Gasteiger partial charge >= 0.3 is 0 Å². The first kappa shape index (κ1) is 12.8. The molecule has 1 aliphatic rings. The highest BCUT2D eigenvalue weighted by molar-refractivity contribution is 6.03. The van der Waals surface area contributed by atoms with Crippen LogP contribution in [0, 0.1) is 0 Å². The van der Waals surface area contributed by atoms with Crippen LogP contribution in [0.4, 0.5) is 11.4 Å². The van der Waals surface area contributed by atoms with E-state index < -0.39 is 0 Å². The van der Waals surface area contributed by atoms with Crippen LogP contribution in [0.25, 0.3) is 5.52 Å². The molecule has 1 amide bonds. The monoisotopic (exact) mass is 273 g/mol. The third kappa shape index (κ3) is 2.17. The van der Waals surface area contributed by atoms with E-state index in [1.807, 2.05) is 6.07 Å². The molecule has 2 aromatic rings. The minimum atomic E-state index is -0.139. The predicted octanol–water partition coefficient (Wildman–Crippen LogP) is 1.63. The molecule has 0 spiro atoms. The molecule has 2 aromatic heterocycles. The van der Waals surface area contributed by atoms with Gasteiger partial charge in [0.1, 0.15) is 0 Å². The zero-order valence-corrected chi connectivity index (χ0v) is 11.5. The minimum Gasteiger partial charge on any atom is -0.397 e. The third-order valence-corrected chi connectivity index (χ3v) is 3.83. The van der Waals surface area contributed by atoms with Crippen molar-refractivity contribution in [2.45, 2.75) is 31.7 Å². The second kappa shape index (κ2) is 5.03. The Kier molecular flexibility index (Phi) is 3.22. The Morgan fingerprint density at radius 1 is 1.45 bits per heavy atom. The smallest absolute Gasteiger partial charge is 0.254 e. The number of nitrogens with zero attached hydrogens (tertiary/aromatic N) is 2. The van der Waals surface area contributed by atoms with Crippen molar-refractivity contribution in [3.8, 4) is 0 Å². The average molecular weight is 273 g/mol. The van der Waals surface area contributed by atoms with Crippen LogP contribution in [0.2, 0.25) is 0 Å². The molecule has 0 radical (unpaired) electrons. The maximum atomic E-state index is 12.0. The van der Waals surface area contributed by atoms with Crippen molar-refractivity contribution in [3.63, 3.8) is 0 Å². The fraction of sp³-hybridized carbons (Fsp3) is 0.429. The van der Waals surface area contributed by atoms with Gasteiger partial charge in [-0.1, -0.05) is 12.8 Å². The Morgan fingerprint density at radius 2 is 2.20 bits per heavy atom. The van der Waals surface area contributed by atoms with Crippen molar-refractivity contribution in [2.75, 3.05) is 18.1 Å². The largest absolute Gasteiger partial charge is 0.397 e. The van der Waals surface area contributed by atoms with E-state index in [-0.39, 0.29) is 5.91 Å².